The molecule has 0 unspecified atom stereocenters. The lowest BCUT2D eigenvalue weighted by molar-refractivity contribution is -0.128. The van der Waals surface area contributed by atoms with Gasteiger partial charge >= 0.3 is 0 Å². The van der Waals surface area contributed by atoms with Crippen LogP contribution in [0.5, 0.6) is 0 Å². The maximum atomic E-state index is 11.8. The topological polar surface area (TPSA) is 58.1 Å². The summed E-state index contributed by atoms with van der Waals surface area (Å²) in [4.78, 5) is 21.6. The van der Waals surface area contributed by atoms with Crippen molar-refractivity contribution in [2.45, 2.75) is 19.8 Å². The van der Waals surface area contributed by atoms with Gasteiger partial charge in [0.05, 0.1) is 6.54 Å². The molecule has 1 aliphatic heterocycles. The Hall–Kier alpha value is -1.36. The molecule has 92 valence electrons. The number of nitrogens with zero attached hydrogens (tertiary/aromatic N) is 3. The van der Waals surface area contributed by atoms with Gasteiger partial charge in [-0.05, 0) is 19.8 Å². The lowest BCUT2D eigenvalue weighted by atomic mass is 10.3. The lowest BCUT2D eigenvalue weighted by Gasteiger charge is -2.16. The molecule has 1 amide bonds. The maximum Gasteiger partial charge on any atom is 0.241 e. The lowest BCUT2D eigenvalue weighted by Crippen LogP contribution is -2.33. The molecule has 1 saturated heterocycles. The number of carbonyl (C=O) groups is 1. The molecule has 1 aliphatic rings. The second kappa shape index (κ2) is 5.31. The summed E-state index contributed by atoms with van der Waals surface area (Å²) in [5, 5.41) is 3.42. The summed E-state index contributed by atoms with van der Waals surface area (Å²) in [6.45, 7) is 3.81. The van der Waals surface area contributed by atoms with Crippen LogP contribution < -0.4 is 5.32 Å². The smallest absolute Gasteiger partial charge is 0.241 e. The van der Waals surface area contributed by atoms with Crippen molar-refractivity contribution >= 4 is 23.3 Å². The van der Waals surface area contributed by atoms with Gasteiger partial charge in [-0.2, -0.15) is 0 Å². The first kappa shape index (κ1) is 12.1. The molecule has 0 radical (unpaired) electrons. The van der Waals surface area contributed by atoms with E-state index in [9.17, 15) is 4.79 Å². The predicted octanol–water partition coefficient (Wildman–Crippen LogP) is 1.47. The number of aromatic nitrogens is 2. The van der Waals surface area contributed by atoms with E-state index in [4.69, 9.17) is 11.6 Å². The number of hydrogen-bond acceptors (Lipinski definition) is 4. The average Bonchev–Trinajstić information content (AvgIpc) is 2.84. The highest BCUT2D eigenvalue weighted by atomic mass is 35.5. The van der Waals surface area contributed by atoms with E-state index in [-0.39, 0.29) is 12.5 Å². The van der Waals surface area contributed by atoms with Crippen LogP contribution in [0.25, 0.3) is 0 Å². The zero-order valence-electron chi connectivity index (χ0n) is 9.74. The Morgan fingerprint density at radius 3 is 2.88 bits per heavy atom. The molecule has 17 heavy (non-hydrogen) atoms. The van der Waals surface area contributed by atoms with E-state index in [1.54, 1.807) is 0 Å². The summed E-state index contributed by atoms with van der Waals surface area (Å²) in [5.41, 5.74) is 0.767. The van der Waals surface area contributed by atoms with Crippen LogP contribution >= 0.6 is 11.6 Å². The maximum absolute atomic E-state index is 11.8. The van der Waals surface area contributed by atoms with Gasteiger partial charge in [0.1, 0.15) is 17.3 Å². The largest absolute Gasteiger partial charge is 0.361 e. The van der Waals surface area contributed by atoms with Crippen molar-refractivity contribution < 1.29 is 4.79 Å². The van der Waals surface area contributed by atoms with Crippen LogP contribution in [0, 0.1) is 6.92 Å². The standard InChI is InChI=1S/C11H15ClN4O/c1-8-10(12)14-7-15-11(8)13-6-9(17)16-4-2-3-5-16/h7H,2-6H2,1H3,(H,13,14,15). The van der Waals surface area contributed by atoms with Gasteiger partial charge in [0.25, 0.3) is 0 Å². The molecule has 6 heteroatoms. The van der Waals surface area contributed by atoms with E-state index >= 15 is 0 Å². The van der Waals surface area contributed by atoms with Crippen LogP contribution in [0.2, 0.25) is 5.15 Å². The Morgan fingerprint density at radius 1 is 1.47 bits per heavy atom. The number of amides is 1. The minimum absolute atomic E-state index is 0.108. The molecule has 0 spiro atoms. The van der Waals surface area contributed by atoms with Crippen molar-refractivity contribution in [2.75, 3.05) is 25.0 Å². The highest BCUT2D eigenvalue weighted by Crippen LogP contribution is 2.17. The summed E-state index contributed by atoms with van der Waals surface area (Å²) in [6, 6.07) is 0. The van der Waals surface area contributed by atoms with E-state index < -0.39 is 0 Å². The molecule has 2 rings (SSSR count). The Labute approximate surface area is 105 Å². The van der Waals surface area contributed by atoms with Crippen LogP contribution in [0.4, 0.5) is 5.82 Å². The van der Waals surface area contributed by atoms with Crippen molar-refractivity contribution in [1.29, 1.82) is 0 Å². The molecule has 5 nitrogen and oxygen atoms in total. The quantitative estimate of drug-likeness (QED) is 0.830. The van der Waals surface area contributed by atoms with Crippen molar-refractivity contribution in [3.05, 3.63) is 17.0 Å². The molecule has 2 heterocycles. The number of likely N-dealkylation sites (tertiary alicyclic amines) is 1. The van der Waals surface area contributed by atoms with E-state index in [1.807, 2.05) is 11.8 Å². The highest BCUT2D eigenvalue weighted by molar-refractivity contribution is 6.30. The van der Waals surface area contributed by atoms with Crippen molar-refractivity contribution in [3.63, 3.8) is 0 Å². The molecule has 1 aromatic rings. The minimum atomic E-state index is 0.108. The van der Waals surface area contributed by atoms with Gasteiger partial charge in [-0.15, -0.1) is 0 Å². The Morgan fingerprint density at radius 2 is 2.18 bits per heavy atom. The monoisotopic (exact) mass is 254 g/mol. The van der Waals surface area contributed by atoms with Crippen molar-refractivity contribution in [2.24, 2.45) is 0 Å². The number of nitrogens with one attached hydrogen (secondary N) is 1. The fourth-order valence-electron chi connectivity index (χ4n) is 1.84. The van der Waals surface area contributed by atoms with Gasteiger partial charge in [-0.1, -0.05) is 11.6 Å². The van der Waals surface area contributed by atoms with E-state index in [2.05, 4.69) is 15.3 Å². The van der Waals surface area contributed by atoms with Crippen LogP contribution in [0.1, 0.15) is 18.4 Å². The van der Waals surface area contributed by atoms with Gasteiger partial charge in [0, 0.05) is 18.7 Å². The summed E-state index contributed by atoms with van der Waals surface area (Å²) >= 11 is 5.87. The number of hydrogen-bond donors (Lipinski definition) is 1. The van der Waals surface area contributed by atoms with E-state index in [1.165, 1.54) is 6.33 Å². The summed E-state index contributed by atoms with van der Waals surface area (Å²) in [5.74, 6) is 0.731. The van der Waals surface area contributed by atoms with Gasteiger partial charge in [0.2, 0.25) is 5.91 Å². The van der Waals surface area contributed by atoms with Crippen LogP contribution in [-0.4, -0.2) is 40.4 Å². The summed E-state index contributed by atoms with van der Waals surface area (Å²) < 4.78 is 0. The van der Waals surface area contributed by atoms with Gasteiger partial charge in [-0.25, -0.2) is 9.97 Å². The highest BCUT2D eigenvalue weighted by Gasteiger charge is 2.17. The van der Waals surface area contributed by atoms with Gasteiger partial charge < -0.3 is 10.2 Å². The molecular weight excluding hydrogens is 240 g/mol. The SMILES string of the molecule is Cc1c(Cl)ncnc1NCC(=O)N1CCCC1. The zero-order valence-corrected chi connectivity index (χ0v) is 10.5. The third-order valence-corrected chi connectivity index (χ3v) is 3.27. The number of anilines is 1. The van der Waals surface area contributed by atoms with Gasteiger partial charge in [-0.3, -0.25) is 4.79 Å². The first-order chi connectivity index (χ1) is 8.18. The van der Waals surface area contributed by atoms with Crippen LogP contribution in [-0.2, 0) is 4.79 Å². The Kier molecular flexibility index (Phi) is 3.78. The third-order valence-electron chi connectivity index (χ3n) is 2.89. The summed E-state index contributed by atoms with van der Waals surface area (Å²) in [7, 11) is 0. The molecule has 0 saturated carbocycles. The first-order valence-corrected chi connectivity index (χ1v) is 6.05. The van der Waals surface area contributed by atoms with Crippen molar-refractivity contribution in [3.8, 4) is 0 Å². The minimum Gasteiger partial charge on any atom is -0.361 e. The van der Waals surface area contributed by atoms with Crippen LogP contribution in [0.3, 0.4) is 0 Å². The predicted molar refractivity (Wildman–Crippen MR) is 66.1 cm³/mol. The molecule has 0 aliphatic carbocycles. The molecule has 1 fully saturated rings. The number of halogens is 1. The second-order valence-electron chi connectivity index (χ2n) is 4.08. The van der Waals surface area contributed by atoms with Gasteiger partial charge in [0.15, 0.2) is 0 Å². The molecule has 0 atom stereocenters. The third kappa shape index (κ3) is 2.85. The second-order valence-corrected chi connectivity index (χ2v) is 4.44. The first-order valence-electron chi connectivity index (χ1n) is 5.67. The normalized spacial score (nSPS) is 15.1. The van der Waals surface area contributed by atoms with E-state index in [0.717, 1.165) is 31.5 Å². The molecule has 0 aromatic carbocycles. The average molecular weight is 255 g/mol. The molecule has 1 N–H and O–H groups in total. The molecule has 1 aromatic heterocycles. The molecular formula is C11H15ClN4O. The fourth-order valence-corrected chi connectivity index (χ4v) is 1.98. The zero-order chi connectivity index (χ0) is 12.3. The Bertz CT molecular complexity index is 418. The number of carbonyl (C=O) groups excluding carboxylic acids is 1. The fraction of sp³-hybridized carbons (Fsp3) is 0.545. The van der Waals surface area contributed by atoms with E-state index in [0.29, 0.717) is 11.0 Å². The molecule has 0 bridgehead atoms. The van der Waals surface area contributed by atoms with Crippen LogP contribution in [0.15, 0.2) is 6.33 Å². The Balaban J connectivity index is 1.93. The number of rotatable bonds is 3. The summed E-state index contributed by atoms with van der Waals surface area (Å²) in [6.07, 6.45) is 3.59. The van der Waals surface area contributed by atoms with Crippen molar-refractivity contribution in [1.82, 2.24) is 14.9 Å².